The molecule has 0 spiro atoms. The van der Waals surface area contributed by atoms with Crippen LogP contribution in [0, 0.1) is 6.92 Å². The highest BCUT2D eigenvalue weighted by molar-refractivity contribution is 7.17. The molecule has 1 aromatic carbocycles. The molecule has 112 valence electrons. The molecular weight excluding hydrogens is 284 g/mol. The third-order valence-electron chi connectivity index (χ3n) is 3.25. The smallest absolute Gasteiger partial charge is 0.347 e. The van der Waals surface area contributed by atoms with E-state index in [9.17, 15) is 4.79 Å². The molecule has 2 aromatic rings. The van der Waals surface area contributed by atoms with Crippen LogP contribution in [-0.2, 0) is 12.0 Å². The normalized spacial score (nSPS) is 11.4. The van der Waals surface area contributed by atoms with Gasteiger partial charge in [-0.25, -0.2) is 9.78 Å². The molecule has 2 rings (SSSR count). The molecule has 0 saturated carbocycles. The quantitative estimate of drug-likeness (QED) is 0.894. The Hall–Kier alpha value is -1.88. The molecule has 21 heavy (non-hydrogen) atoms. The topological polar surface area (TPSA) is 62.2 Å². The van der Waals surface area contributed by atoms with Crippen molar-refractivity contribution < 1.29 is 9.90 Å². The van der Waals surface area contributed by atoms with Gasteiger partial charge in [0.2, 0.25) is 0 Å². The van der Waals surface area contributed by atoms with Crippen molar-refractivity contribution in [3.05, 3.63) is 46.0 Å². The number of nitrogens with one attached hydrogen (secondary N) is 1. The molecule has 0 aliphatic carbocycles. The monoisotopic (exact) mass is 304 g/mol. The van der Waals surface area contributed by atoms with Crippen LogP contribution in [-0.4, -0.2) is 16.1 Å². The van der Waals surface area contributed by atoms with Gasteiger partial charge >= 0.3 is 5.97 Å². The fourth-order valence-electron chi connectivity index (χ4n) is 1.97. The summed E-state index contributed by atoms with van der Waals surface area (Å²) >= 11 is 1.17. The maximum absolute atomic E-state index is 11.0. The van der Waals surface area contributed by atoms with Gasteiger partial charge in [0.05, 0.1) is 5.69 Å². The SMILES string of the molecule is Cc1nc(NCc2ccc(C(C)(C)C)cc2)sc1C(=O)O. The number of benzene rings is 1. The molecule has 0 radical (unpaired) electrons. The van der Waals surface area contributed by atoms with E-state index in [0.717, 1.165) is 5.56 Å². The van der Waals surface area contributed by atoms with Crippen LogP contribution in [0.15, 0.2) is 24.3 Å². The number of rotatable bonds is 4. The van der Waals surface area contributed by atoms with Gasteiger partial charge in [-0.2, -0.15) is 0 Å². The first-order chi connectivity index (χ1) is 9.77. The van der Waals surface area contributed by atoms with Crippen LogP contribution in [0.25, 0.3) is 0 Å². The van der Waals surface area contributed by atoms with E-state index in [4.69, 9.17) is 5.11 Å². The number of hydrogen-bond donors (Lipinski definition) is 2. The minimum absolute atomic E-state index is 0.148. The number of carboxylic acids is 1. The Kier molecular flexibility index (Phi) is 4.32. The molecule has 4 nitrogen and oxygen atoms in total. The maximum Gasteiger partial charge on any atom is 0.347 e. The number of carbonyl (C=O) groups is 1. The standard InChI is InChI=1S/C16H20N2O2S/c1-10-13(14(19)20)21-15(18-10)17-9-11-5-7-12(8-6-11)16(2,3)4/h5-8H,9H2,1-4H3,(H,17,18)(H,19,20). The number of thiazole rings is 1. The van der Waals surface area contributed by atoms with Crippen molar-refractivity contribution in [2.24, 2.45) is 0 Å². The summed E-state index contributed by atoms with van der Waals surface area (Å²) in [4.78, 5) is 15.5. The fraction of sp³-hybridized carbons (Fsp3) is 0.375. The van der Waals surface area contributed by atoms with E-state index in [2.05, 4.69) is 55.3 Å². The molecule has 5 heteroatoms. The summed E-state index contributed by atoms with van der Waals surface area (Å²) in [5.74, 6) is -0.924. The highest BCUT2D eigenvalue weighted by Gasteiger charge is 2.14. The van der Waals surface area contributed by atoms with Crippen LogP contribution in [0.2, 0.25) is 0 Å². The van der Waals surface area contributed by atoms with Crippen molar-refractivity contribution in [1.29, 1.82) is 0 Å². The van der Waals surface area contributed by atoms with Crippen molar-refractivity contribution in [3.8, 4) is 0 Å². The molecular formula is C16H20N2O2S. The summed E-state index contributed by atoms with van der Waals surface area (Å²) in [6, 6.07) is 8.44. The third-order valence-corrected chi connectivity index (χ3v) is 4.36. The van der Waals surface area contributed by atoms with Gasteiger partial charge in [0.15, 0.2) is 5.13 Å². The minimum atomic E-state index is -0.924. The Balaban J connectivity index is 2.03. The van der Waals surface area contributed by atoms with Crippen LogP contribution < -0.4 is 5.32 Å². The lowest BCUT2D eigenvalue weighted by Gasteiger charge is -2.19. The molecule has 2 N–H and O–H groups in total. The number of aromatic nitrogens is 1. The lowest BCUT2D eigenvalue weighted by atomic mass is 9.87. The summed E-state index contributed by atoms with van der Waals surface area (Å²) < 4.78 is 0. The molecule has 0 aliphatic rings. The van der Waals surface area contributed by atoms with E-state index in [-0.39, 0.29) is 5.41 Å². The summed E-state index contributed by atoms with van der Waals surface area (Å²) in [6.07, 6.45) is 0. The van der Waals surface area contributed by atoms with Crippen molar-refractivity contribution in [3.63, 3.8) is 0 Å². The van der Waals surface area contributed by atoms with Crippen LogP contribution in [0.3, 0.4) is 0 Å². The van der Waals surface area contributed by atoms with Gasteiger partial charge in [-0.1, -0.05) is 56.4 Å². The summed E-state index contributed by atoms with van der Waals surface area (Å²) in [6.45, 7) is 8.91. The third kappa shape index (κ3) is 3.82. The zero-order chi connectivity index (χ0) is 15.6. The predicted octanol–water partition coefficient (Wildman–Crippen LogP) is 4.06. The van der Waals surface area contributed by atoms with E-state index in [1.807, 2.05) is 0 Å². The number of aryl methyl sites for hydroxylation is 1. The fourth-order valence-corrected chi connectivity index (χ4v) is 2.77. The summed E-state index contributed by atoms with van der Waals surface area (Å²) in [5.41, 5.74) is 3.14. The van der Waals surface area contributed by atoms with E-state index in [1.165, 1.54) is 16.9 Å². The maximum atomic E-state index is 11.0. The Morgan fingerprint density at radius 2 is 1.90 bits per heavy atom. The highest BCUT2D eigenvalue weighted by atomic mass is 32.1. The van der Waals surface area contributed by atoms with Gasteiger partial charge < -0.3 is 10.4 Å². The van der Waals surface area contributed by atoms with Gasteiger partial charge in [-0.15, -0.1) is 0 Å². The average Bonchev–Trinajstić information content (AvgIpc) is 2.77. The van der Waals surface area contributed by atoms with Crippen molar-refractivity contribution in [1.82, 2.24) is 4.98 Å². The highest BCUT2D eigenvalue weighted by Crippen LogP contribution is 2.24. The molecule has 1 aromatic heterocycles. The molecule has 1 heterocycles. The Bertz CT molecular complexity index is 639. The second kappa shape index (κ2) is 5.85. The number of carboxylic acid groups (broad SMARTS) is 1. The predicted molar refractivity (Wildman–Crippen MR) is 86.3 cm³/mol. The molecule has 0 fully saturated rings. The molecule has 0 amide bonds. The molecule has 0 unspecified atom stereocenters. The van der Waals surface area contributed by atoms with Gasteiger partial charge in [0.25, 0.3) is 0 Å². The average molecular weight is 304 g/mol. The number of nitrogens with zero attached hydrogens (tertiary/aromatic N) is 1. The lowest BCUT2D eigenvalue weighted by Crippen LogP contribution is -2.11. The number of aromatic carboxylic acids is 1. The van der Waals surface area contributed by atoms with Crippen molar-refractivity contribution in [2.75, 3.05) is 5.32 Å². The van der Waals surface area contributed by atoms with Crippen molar-refractivity contribution in [2.45, 2.75) is 39.7 Å². The second-order valence-electron chi connectivity index (χ2n) is 6.04. The second-order valence-corrected chi connectivity index (χ2v) is 7.04. The van der Waals surface area contributed by atoms with Gasteiger partial charge in [0, 0.05) is 6.54 Å². The molecule has 0 atom stereocenters. The minimum Gasteiger partial charge on any atom is -0.477 e. The van der Waals surface area contributed by atoms with E-state index in [0.29, 0.717) is 22.2 Å². The number of anilines is 1. The van der Waals surface area contributed by atoms with Crippen LogP contribution >= 0.6 is 11.3 Å². The van der Waals surface area contributed by atoms with E-state index in [1.54, 1.807) is 6.92 Å². The first kappa shape index (κ1) is 15.5. The molecule has 0 saturated heterocycles. The first-order valence-corrected chi connectivity index (χ1v) is 7.63. The van der Waals surface area contributed by atoms with Crippen molar-refractivity contribution >= 4 is 22.4 Å². The Morgan fingerprint density at radius 1 is 1.29 bits per heavy atom. The largest absolute Gasteiger partial charge is 0.477 e. The summed E-state index contributed by atoms with van der Waals surface area (Å²) in [7, 11) is 0. The zero-order valence-corrected chi connectivity index (χ0v) is 13.5. The van der Waals surface area contributed by atoms with Gasteiger partial charge in [-0.05, 0) is 23.5 Å². The van der Waals surface area contributed by atoms with Crippen LogP contribution in [0.4, 0.5) is 5.13 Å². The first-order valence-electron chi connectivity index (χ1n) is 6.81. The molecule has 0 bridgehead atoms. The summed E-state index contributed by atoms with van der Waals surface area (Å²) in [5, 5.41) is 12.8. The number of hydrogen-bond acceptors (Lipinski definition) is 4. The van der Waals surface area contributed by atoms with E-state index >= 15 is 0 Å². The Morgan fingerprint density at radius 3 is 2.38 bits per heavy atom. The zero-order valence-electron chi connectivity index (χ0n) is 12.7. The van der Waals surface area contributed by atoms with E-state index < -0.39 is 5.97 Å². The van der Waals surface area contributed by atoms with Gasteiger partial charge in [0.1, 0.15) is 4.88 Å². The lowest BCUT2D eigenvalue weighted by molar-refractivity contribution is 0.0701. The van der Waals surface area contributed by atoms with Crippen LogP contribution in [0.1, 0.15) is 47.3 Å². The van der Waals surface area contributed by atoms with Crippen LogP contribution in [0.5, 0.6) is 0 Å². The van der Waals surface area contributed by atoms with Gasteiger partial charge in [-0.3, -0.25) is 0 Å². The molecule has 0 aliphatic heterocycles. The Labute approximate surface area is 128 Å².